The van der Waals surface area contributed by atoms with Gasteiger partial charge in [-0.2, -0.15) is 5.26 Å². The number of piperazine rings is 1. The van der Waals surface area contributed by atoms with Crippen LogP contribution in [-0.2, 0) is 0 Å². The van der Waals surface area contributed by atoms with Crippen LogP contribution in [0.15, 0.2) is 0 Å². The minimum absolute atomic E-state index is 0.00356. The number of amides is 2. The van der Waals surface area contributed by atoms with E-state index in [1.807, 2.05) is 25.8 Å². The Morgan fingerprint density at radius 2 is 1.94 bits per heavy atom. The summed E-state index contributed by atoms with van der Waals surface area (Å²) in [5.74, 6) is 0. The highest BCUT2D eigenvalue weighted by atomic mass is 16.2. The van der Waals surface area contributed by atoms with Gasteiger partial charge in [0.15, 0.2) is 0 Å². The van der Waals surface area contributed by atoms with Crippen LogP contribution in [0.2, 0.25) is 0 Å². The van der Waals surface area contributed by atoms with Gasteiger partial charge in [-0.3, -0.25) is 4.90 Å². The topological polar surface area (TPSA) is 50.6 Å². The molecule has 1 aliphatic heterocycles. The molecule has 0 bridgehead atoms. The van der Waals surface area contributed by atoms with Crippen LogP contribution >= 0.6 is 0 Å². The molecule has 1 fully saturated rings. The summed E-state index contributed by atoms with van der Waals surface area (Å²) < 4.78 is 0. The Kier molecular flexibility index (Phi) is 5.23. The predicted molar refractivity (Wildman–Crippen MR) is 66.5 cm³/mol. The first-order valence-electron chi connectivity index (χ1n) is 6.27. The third-order valence-corrected chi connectivity index (χ3v) is 3.36. The first kappa shape index (κ1) is 13.8. The largest absolute Gasteiger partial charge is 0.328 e. The van der Waals surface area contributed by atoms with Gasteiger partial charge in [-0.05, 0) is 13.3 Å². The van der Waals surface area contributed by atoms with Crippen molar-refractivity contribution in [3.05, 3.63) is 0 Å². The Balaban J connectivity index is 2.46. The second-order valence-electron chi connectivity index (χ2n) is 4.37. The van der Waals surface area contributed by atoms with E-state index in [4.69, 9.17) is 5.26 Å². The van der Waals surface area contributed by atoms with Crippen molar-refractivity contribution in [1.29, 1.82) is 5.26 Å². The van der Waals surface area contributed by atoms with Gasteiger partial charge in [0.1, 0.15) is 0 Å². The summed E-state index contributed by atoms with van der Waals surface area (Å²) in [7, 11) is 1.82. The van der Waals surface area contributed by atoms with E-state index in [1.54, 1.807) is 4.90 Å². The summed E-state index contributed by atoms with van der Waals surface area (Å²) in [6.07, 6.45) is 0.847. The molecule has 1 heterocycles. The van der Waals surface area contributed by atoms with Crippen molar-refractivity contribution < 1.29 is 4.79 Å². The highest BCUT2D eigenvalue weighted by molar-refractivity contribution is 5.74. The van der Waals surface area contributed by atoms with E-state index < -0.39 is 0 Å². The fraction of sp³-hybridized carbons (Fsp3) is 0.833. The molecular formula is C12H22N4O. The molecule has 0 N–H and O–H groups in total. The van der Waals surface area contributed by atoms with E-state index in [2.05, 4.69) is 11.0 Å². The molecule has 5 heteroatoms. The first-order chi connectivity index (χ1) is 8.13. The van der Waals surface area contributed by atoms with Gasteiger partial charge in [0.2, 0.25) is 0 Å². The molecular weight excluding hydrogens is 216 g/mol. The lowest BCUT2D eigenvalue weighted by atomic mass is 10.2. The minimum atomic E-state index is -0.00356. The van der Waals surface area contributed by atoms with Crippen molar-refractivity contribution in [1.82, 2.24) is 14.7 Å². The highest BCUT2D eigenvalue weighted by Gasteiger charge is 2.26. The Morgan fingerprint density at radius 3 is 2.35 bits per heavy atom. The number of rotatable bonds is 3. The highest BCUT2D eigenvalue weighted by Crippen LogP contribution is 2.10. The molecule has 1 saturated heterocycles. The Labute approximate surface area is 104 Å². The first-order valence-corrected chi connectivity index (χ1v) is 6.27. The molecule has 0 radical (unpaired) electrons. The third kappa shape index (κ3) is 3.34. The van der Waals surface area contributed by atoms with Gasteiger partial charge in [0.25, 0.3) is 0 Å². The van der Waals surface area contributed by atoms with E-state index in [0.717, 1.165) is 39.1 Å². The van der Waals surface area contributed by atoms with E-state index >= 15 is 0 Å². The number of carbonyl (C=O) groups excluding carboxylic acids is 1. The molecule has 0 spiro atoms. The molecule has 0 saturated carbocycles. The van der Waals surface area contributed by atoms with Crippen molar-refractivity contribution in [3.8, 4) is 6.07 Å². The fourth-order valence-corrected chi connectivity index (χ4v) is 2.03. The molecule has 1 aliphatic rings. The number of urea groups is 1. The SMILES string of the molecule is CCC(C#N)N1CCN(C(=O)N(C)CC)CC1. The second-order valence-corrected chi connectivity index (χ2v) is 4.37. The van der Waals surface area contributed by atoms with Gasteiger partial charge in [-0.25, -0.2) is 4.79 Å². The average Bonchev–Trinajstić information content (AvgIpc) is 2.39. The van der Waals surface area contributed by atoms with Gasteiger partial charge in [0, 0.05) is 39.8 Å². The standard InChI is InChI=1S/C12H22N4O/c1-4-11(10-13)15-6-8-16(9-7-15)12(17)14(3)5-2/h11H,4-9H2,1-3H3. The summed E-state index contributed by atoms with van der Waals surface area (Å²) >= 11 is 0. The zero-order valence-corrected chi connectivity index (χ0v) is 11.0. The maximum Gasteiger partial charge on any atom is 0.319 e. The quantitative estimate of drug-likeness (QED) is 0.736. The van der Waals surface area contributed by atoms with Crippen LogP contribution in [0.5, 0.6) is 0 Å². The van der Waals surface area contributed by atoms with Crippen LogP contribution in [0.4, 0.5) is 4.79 Å². The Morgan fingerprint density at radius 1 is 1.35 bits per heavy atom. The molecule has 17 heavy (non-hydrogen) atoms. The maximum atomic E-state index is 11.9. The van der Waals surface area contributed by atoms with Crippen LogP contribution in [0.1, 0.15) is 20.3 Å². The molecule has 0 aromatic rings. The molecule has 0 aliphatic carbocycles. The zero-order valence-electron chi connectivity index (χ0n) is 11.0. The zero-order chi connectivity index (χ0) is 12.8. The number of carbonyl (C=O) groups is 1. The Hall–Kier alpha value is -1.28. The van der Waals surface area contributed by atoms with Crippen molar-refractivity contribution in [2.24, 2.45) is 0 Å². The molecule has 5 nitrogen and oxygen atoms in total. The van der Waals surface area contributed by atoms with Crippen LogP contribution < -0.4 is 0 Å². The molecule has 1 atom stereocenters. The van der Waals surface area contributed by atoms with Gasteiger partial charge >= 0.3 is 6.03 Å². The fourth-order valence-electron chi connectivity index (χ4n) is 2.03. The van der Waals surface area contributed by atoms with Gasteiger partial charge in [-0.1, -0.05) is 6.92 Å². The summed E-state index contributed by atoms with van der Waals surface area (Å²) in [4.78, 5) is 17.7. The molecule has 1 rings (SSSR count). The van der Waals surface area contributed by atoms with Gasteiger partial charge in [-0.15, -0.1) is 0 Å². The lowest BCUT2D eigenvalue weighted by Crippen LogP contribution is -2.54. The summed E-state index contributed by atoms with van der Waals surface area (Å²) in [5.41, 5.74) is 0. The van der Waals surface area contributed by atoms with E-state index in [1.165, 1.54) is 0 Å². The average molecular weight is 238 g/mol. The van der Waals surface area contributed by atoms with Crippen LogP contribution in [-0.4, -0.2) is 66.5 Å². The molecule has 0 aromatic heterocycles. The molecule has 2 amide bonds. The summed E-state index contributed by atoms with van der Waals surface area (Å²) in [6, 6.07) is 2.40. The number of hydrogen-bond acceptors (Lipinski definition) is 3. The van der Waals surface area contributed by atoms with Crippen molar-refractivity contribution in [2.45, 2.75) is 26.3 Å². The van der Waals surface area contributed by atoms with Crippen molar-refractivity contribution in [2.75, 3.05) is 39.8 Å². The van der Waals surface area contributed by atoms with Gasteiger partial charge < -0.3 is 9.80 Å². The minimum Gasteiger partial charge on any atom is -0.328 e. The summed E-state index contributed by atoms with van der Waals surface area (Å²) in [6.45, 7) is 7.77. The van der Waals surface area contributed by atoms with Crippen molar-refractivity contribution in [3.63, 3.8) is 0 Å². The van der Waals surface area contributed by atoms with Crippen molar-refractivity contribution >= 4 is 6.03 Å². The van der Waals surface area contributed by atoms with Crippen LogP contribution in [0.25, 0.3) is 0 Å². The maximum absolute atomic E-state index is 11.9. The molecule has 0 aromatic carbocycles. The van der Waals surface area contributed by atoms with E-state index in [0.29, 0.717) is 0 Å². The van der Waals surface area contributed by atoms with Crippen LogP contribution in [0, 0.1) is 11.3 Å². The lowest BCUT2D eigenvalue weighted by Gasteiger charge is -2.38. The van der Waals surface area contributed by atoms with Crippen LogP contribution in [0.3, 0.4) is 0 Å². The number of nitriles is 1. The van der Waals surface area contributed by atoms with E-state index in [9.17, 15) is 4.79 Å². The van der Waals surface area contributed by atoms with Gasteiger partial charge in [0.05, 0.1) is 12.1 Å². The second kappa shape index (κ2) is 6.45. The smallest absolute Gasteiger partial charge is 0.319 e. The molecule has 1 unspecified atom stereocenters. The summed E-state index contributed by atoms with van der Waals surface area (Å²) in [5, 5.41) is 9.00. The monoisotopic (exact) mass is 238 g/mol. The number of hydrogen-bond donors (Lipinski definition) is 0. The van der Waals surface area contributed by atoms with E-state index in [-0.39, 0.29) is 12.1 Å². The normalized spacial score (nSPS) is 18.6. The lowest BCUT2D eigenvalue weighted by molar-refractivity contribution is 0.107. The predicted octanol–water partition coefficient (Wildman–Crippen LogP) is 0.978. The Bertz CT molecular complexity index is 291. The molecule has 96 valence electrons. The third-order valence-electron chi connectivity index (χ3n) is 3.36. The number of nitrogens with zero attached hydrogens (tertiary/aromatic N) is 4.